The molecule has 1 N–H and O–H groups in total. The molecule has 0 saturated carbocycles. The number of esters is 4. The van der Waals surface area contributed by atoms with Crippen molar-refractivity contribution in [1.82, 2.24) is 5.32 Å². The molecule has 0 aliphatic rings. The summed E-state index contributed by atoms with van der Waals surface area (Å²) < 4.78 is 28.0. The number of rotatable bonds is 15. The highest BCUT2D eigenvalue weighted by atomic mass is 32.2. The third kappa shape index (κ3) is 13.4. The highest BCUT2D eigenvalue weighted by Gasteiger charge is 2.36. The fourth-order valence-corrected chi connectivity index (χ4v) is 4.78. The molecule has 0 aliphatic carbocycles. The average Bonchev–Trinajstić information content (AvgIpc) is 3.10. The molecule has 0 radical (unpaired) electrons. The van der Waals surface area contributed by atoms with E-state index in [1.807, 2.05) is 0 Å². The zero-order chi connectivity index (χ0) is 35.6. The summed E-state index contributed by atoms with van der Waals surface area (Å²) in [6.07, 6.45) is 0. The van der Waals surface area contributed by atoms with Crippen LogP contribution in [0.5, 0.6) is 0 Å². The summed E-state index contributed by atoms with van der Waals surface area (Å²) in [6, 6.07) is 22.4. The van der Waals surface area contributed by atoms with E-state index in [0.29, 0.717) is 23.5 Å². The molecule has 3 rings (SSSR count). The van der Waals surface area contributed by atoms with Gasteiger partial charge in [0, 0.05) is 5.75 Å². The van der Waals surface area contributed by atoms with Crippen molar-refractivity contribution in [3.8, 4) is 0 Å². The molecule has 49 heavy (non-hydrogen) atoms. The third-order valence-electron chi connectivity index (χ3n) is 6.00. The van der Waals surface area contributed by atoms with Gasteiger partial charge in [-0.25, -0.2) is 28.8 Å². The maximum Gasteiger partial charge on any atom is 0.371 e. The van der Waals surface area contributed by atoms with E-state index in [9.17, 15) is 33.6 Å². The van der Waals surface area contributed by atoms with Crippen LogP contribution in [0.1, 0.15) is 44.9 Å². The first-order valence-corrected chi connectivity index (χ1v) is 16.1. The van der Waals surface area contributed by atoms with E-state index in [2.05, 4.69) is 5.32 Å². The van der Waals surface area contributed by atoms with Crippen molar-refractivity contribution in [2.24, 2.45) is 0 Å². The van der Waals surface area contributed by atoms with Gasteiger partial charge in [-0.3, -0.25) is 4.79 Å². The van der Waals surface area contributed by atoms with Gasteiger partial charge in [0.05, 0.1) is 21.4 Å². The number of carbonyl (C=O) groups excluding carboxylic acids is 7. The largest absolute Gasteiger partial charge is 0.426 e. The van der Waals surface area contributed by atoms with Crippen LogP contribution in [0.3, 0.4) is 0 Å². The van der Waals surface area contributed by atoms with Crippen molar-refractivity contribution in [2.75, 3.05) is 26.1 Å². The number of hydrogen-bond acceptors (Lipinski definition) is 15. The molecule has 3 aromatic carbocycles. The SMILES string of the molecule is CC(C)(SC(=O)OCOC(=O)c1ccccc1)C(=O)N[C@@H](CSC(=O)OCOC(=O)c1ccccc1)C(=O)OCOC(=O)c1ccccc1. The lowest BCUT2D eigenvalue weighted by Crippen LogP contribution is -2.50. The van der Waals surface area contributed by atoms with Crippen LogP contribution in [-0.2, 0) is 38.0 Å². The van der Waals surface area contributed by atoms with Gasteiger partial charge in [-0.15, -0.1) is 0 Å². The number of hydrogen-bond donors (Lipinski definition) is 1. The molecule has 16 heteroatoms. The molecule has 0 bridgehead atoms. The van der Waals surface area contributed by atoms with Crippen molar-refractivity contribution >= 4 is 63.9 Å². The highest BCUT2D eigenvalue weighted by Crippen LogP contribution is 2.27. The van der Waals surface area contributed by atoms with E-state index in [4.69, 9.17) is 28.4 Å². The van der Waals surface area contributed by atoms with Gasteiger partial charge < -0.3 is 33.7 Å². The zero-order valence-corrected chi connectivity index (χ0v) is 27.8. The molecule has 0 unspecified atom stereocenters. The first kappa shape index (κ1) is 38.1. The Kier molecular flexibility index (Phi) is 15.1. The summed E-state index contributed by atoms with van der Waals surface area (Å²) in [6.45, 7) is 0.472. The topological polar surface area (TPSA) is 187 Å². The Morgan fingerprint density at radius 2 is 0.959 bits per heavy atom. The van der Waals surface area contributed by atoms with Crippen molar-refractivity contribution in [3.05, 3.63) is 108 Å². The van der Waals surface area contributed by atoms with Gasteiger partial charge >= 0.3 is 34.5 Å². The van der Waals surface area contributed by atoms with Gasteiger partial charge in [-0.1, -0.05) is 54.6 Å². The summed E-state index contributed by atoms with van der Waals surface area (Å²) in [7, 11) is 0. The summed E-state index contributed by atoms with van der Waals surface area (Å²) in [5.41, 5.74) is 0.686. The van der Waals surface area contributed by atoms with E-state index in [0.717, 1.165) is 0 Å². The molecule has 258 valence electrons. The number of thioether (sulfide) groups is 2. The summed E-state index contributed by atoms with van der Waals surface area (Å²) in [5, 5.41) is 0.482. The van der Waals surface area contributed by atoms with Gasteiger partial charge in [-0.2, -0.15) is 0 Å². The van der Waals surface area contributed by atoms with Gasteiger partial charge in [0.15, 0.2) is 0 Å². The van der Waals surface area contributed by atoms with Crippen LogP contribution >= 0.6 is 23.5 Å². The molecule has 0 aromatic heterocycles. The number of carbonyl (C=O) groups is 7. The molecular formula is C33H31NO13S2. The van der Waals surface area contributed by atoms with E-state index in [-0.39, 0.29) is 16.7 Å². The normalized spacial score (nSPS) is 11.2. The Balaban J connectivity index is 1.54. The molecular weight excluding hydrogens is 682 g/mol. The Morgan fingerprint density at radius 1 is 0.571 bits per heavy atom. The average molecular weight is 714 g/mol. The van der Waals surface area contributed by atoms with E-state index >= 15 is 0 Å². The molecule has 14 nitrogen and oxygen atoms in total. The maximum absolute atomic E-state index is 13.2. The maximum atomic E-state index is 13.2. The van der Waals surface area contributed by atoms with Crippen molar-refractivity contribution < 1.29 is 62.0 Å². The monoisotopic (exact) mass is 713 g/mol. The molecule has 0 saturated heterocycles. The fraction of sp³-hybridized carbons (Fsp3) is 0.242. The molecule has 0 heterocycles. The summed E-state index contributed by atoms with van der Waals surface area (Å²) >= 11 is 0.887. The van der Waals surface area contributed by atoms with Gasteiger partial charge in [0.1, 0.15) is 6.04 Å². The molecule has 0 fully saturated rings. The molecule has 1 amide bonds. The van der Waals surface area contributed by atoms with Gasteiger partial charge in [0.25, 0.3) is 0 Å². The van der Waals surface area contributed by atoms with Gasteiger partial charge in [0.2, 0.25) is 26.3 Å². The van der Waals surface area contributed by atoms with Crippen LogP contribution in [0.25, 0.3) is 0 Å². The minimum Gasteiger partial charge on any atom is -0.426 e. The van der Waals surface area contributed by atoms with Crippen LogP contribution in [0, 0.1) is 0 Å². The first-order valence-electron chi connectivity index (χ1n) is 14.3. The Hall–Kier alpha value is -5.35. The molecule has 1 atom stereocenters. The van der Waals surface area contributed by atoms with E-state index in [1.165, 1.54) is 50.2 Å². The fourth-order valence-electron chi connectivity index (χ4n) is 3.45. The van der Waals surface area contributed by atoms with Crippen LogP contribution in [0.2, 0.25) is 0 Å². The zero-order valence-electron chi connectivity index (χ0n) is 26.2. The van der Waals surface area contributed by atoms with Crippen LogP contribution < -0.4 is 5.32 Å². The van der Waals surface area contributed by atoms with E-state index < -0.39 is 77.3 Å². The van der Waals surface area contributed by atoms with Crippen molar-refractivity contribution in [1.29, 1.82) is 0 Å². The lowest BCUT2D eigenvalue weighted by Gasteiger charge is -2.25. The lowest BCUT2D eigenvalue weighted by molar-refractivity contribution is -0.155. The minimum atomic E-state index is -1.55. The highest BCUT2D eigenvalue weighted by molar-refractivity contribution is 8.15. The number of ether oxygens (including phenoxy) is 6. The minimum absolute atomic E-state index is 0.204. The van der Waals surface area contributed by atoms with Gasteiger partial charge in [-0.05, 0) is 73.8 Å². The smallest absolute Gasteiger partial charge is 0.371 e. The Labute approximate surface area is 289 Å². The van der Waals surface area contributed by atoms with Crippen molar-refractivity contribution in [3.63, 3.8) is 0 Å². The quantitative estimate of drug-likeness (QED) is 0.126. The molecule has 0 aliphatic heterocycles. The third-order valence-corrected chi connectivity index (χ3v) is 7.83. The molecule has 0 spiro atoms. The Bertz CT molecular complexity index is 1600. The predicted molar refractivity (Wildman–Crippen MR) is 175 cm³/mol. The van der Waals surface area contributed by atoms with Crippen LogP contribution in [0.4, 0.5) is 9.59 Å². The van der Waals surface area contributed by atoms with E-state index in [1.54, 1.807) is 54.6 Å². The first-order chi connectivity index (χ1) is 23.5. The summed E-state index contributed by atoms with van der Waals surface area (Å²) in [4.78, 5) is 87.1. The summed E-state index contributed by atoms with van der Waals surface area (Å²) in [5.74, 6) is -4.58. The standard InChI is InChI=1S/C33H31NO13S2/c1-33(2,49-32(41)47-21-44-28(37)24-16-10-5-11-17-24)30(39)34-25(29(38)45-19-42-26(35)22-12-6-3-7-13-22)18-48-31(40)46-20-43-27(36)23-14-8-4-9-15-23/h3-17,25H,18-21H2,1-2H3,(H,34,39)/t25-/m0/s1. The van der Waals surface area contributed by atoms with Crippen LogP contribution in [0.15, 0.2) is 91.0 Å². The number of nitrogens with one attached hydrogen (secondary N) is 1. The van der Waals surface area contributed by atoms with Crippen molar-refractivity contribution in [2.45, 2.75) is 24.6 Å². The molecule has 3 aromatic rings. The lowest BCUT2D eigenvalue weighted by atomic mass is 10.2. The predicted octanol–water partition coefficient (Wildman–Crippen LogP) is 4.98. The number of benzene rings is 3. The number of amides is 1. The Morgan fingerprint density at radius 3 is 1.39 bits per heavy atom. The second-order valence-electron chi connectivity index (χ2n) is 9.95. The second kappa shape index (κ2) is 19.5. The van der Waals surface area contributed by atoms with Crippen LogP contribution in [-0.4, -0.2) is 77.3 Å². The second-order valence-corrected chi connectivity index (χ2v) is 12.5.